The van der Waals surface area contributed by atoms with Gasteiger partial charge in [0, 0.05) is 11.6 Å². The molecule has 2 heterocycles. The lowest BCUT2D eigenvalue weighted by atomic mass is 10.1. The summed E-state index contributed by atoms with van der Waals surface area (Å²) >= 11 is 1.26. The Morgan fingerprint density at radius 2 is 1.77 bits per heavy atom. The topological polar surface area (TPSA) is 91.9 Å². The molecule has 150 valence electrons. The Hall–Kier alpha value is -3.58. The maximum absolute atomic E-state index is 12.3. The molecule has 6 nitrogen and oxygen atoms in total. The number of carbonyl (C=O) groups is 2. The maximum atomic E-state index is 12.3. The number of hydrogen-bond donors (Lipinski definition) is 2. The van der Waals surface area contributed by atoms with Crippen molar-refractivity contribution in [1.82, 2.24) is 5.32 Å². The van der Waals surface area contributed by atoms with Crippen LogP contribution in [0.25, 0.3) is 17.4 Å². The van der Waals surface area contributed by atoms with Crippen molar-refractivity contribution in [1.29, 1.82) is 0 Å². The van der Waals surface area contributed by atoms with E-state index < -0.39 is 5.97 Å². The molecule has 1 aliphatic rings. The first-order valence-corrected chi connectivity index (χ1v) is 10.0. The molecule has 1 aromatic heterocycles. The van der Waals surface area contributed by atoms with Crippen LogP contribution in [0.2, 0.25) is 0 Å². The number of carboxylic acid groups (broad SMARTS) is 1. The van der Waals surface area contributed by atoms with Crippen LogP contribution in [-0.4, -0.2) is 22.2 Å². The van der Waals surface area contributed by atoms with Crippen LogP contribution in [0.1, 0.15) is 27.2 Å². The van der Waals surface area contributed by atoms with E-state index in [0.717, 1.165) is 22.4 Å². The minimum Gasteiger partial charge on any atom is -0.478 e. The molecule has 0 bridgehead atoms. The average molecular weight is 418 g/mol. The van der Waals surface area contributed by atoms with Gasteiger partial charge >= 0.3 is 5.97 Å². The van der Waals surface area contributed by atoms with Crippen LogP contribution in [0.15, 0.2) is 68.9 Å². The largest absolute Gasteiger partial charge is 0.478 e. The minimum atomic E-state index is -0.978. The second-order valence-electron chi connectivity index (χ2n) is 6.91. The molecule has 0 unspecified atom stereocenters. The van der Waals surface area contributed by atoms with E-state index in [2.05, 4.69) is 16.4 Å². The molecule has 1 fully saturated rings. The average Bonchev–Trinajstić information content (AvgIpc) is 3.28. The molecule has 1 saturated heterocycles. The zero-order chi connectivity index (χ0) is 21.3. The monoisotopic (exact) mass is 418 g/mol. The molecule has 0 saturated carbocycles. The van der Waals surface area contributed by atoms with Gasteiger partial charge in [-0.3, -0.25) is 4.79 Å². The summed E-state index contributed by atoms with van der Waals surface area (Å²) in [6, 6.07) is 16.0. The highest BCUT2D eigenvalue weighted by Crippen LogP contribution is 2.30. The Morgan fingerprint density at radius 1 is 1.07 bits per heavy atom. The van der Waals surface area contributed by atoms with Gasteiger partial charge in [-0.05, 0) is 73.1 Å². The number of amidine groups is 1. The third kappa shape index (κ3) is 4.36. The van der Waals surface area contributed by atoms with Crippen LogP contribution in [0.3, 0.4) is 0 Å². The summed E-state index contributed by atoms with van der Waals surface area (Å²) in [6.07, 6.45) is 1.67. The normalized spacial score (nSPS) is 16.3. The van der Waals surface area contributed by atoms with Crippen molar-refractivity contribution in [2.45, 2.75) is 13.8 Å². The predicted molar refractivity (Wildman–Crippen MR) is 118 cm³/mol. The first kappa shape index (κ1) is 19.7. The van der Waals surface area contributed by atoms with Gasteiger partial charge in [0.25, 0.3) is 5.91 Å². The highest BCUT2D eigenvalue weighted by atomic mass is 32.2. The van der Waals surface area contributed by atoms with Crippen LogP contribution in [0.5, 0.6) is 0 Å². The van der Waals surface area contributed by atoms with Gasteiger partial charge in [-0.2, -0.15) is 0 Å². The Balaban J connectivity index is 1.53. The lowest BCUT2D eigenvalue weighted by Crippen LogP contribution is -2.19. The third-order valence-electron chi connectivity index (χ3n) is 4.40. The number of rotatable bonds is 4. The van der Waals surface area contributed by atoms with Gasteiger partial charge in [0.15, 0.2) is 5.17 Å². The van der Waals surface area contributed by atoms with Crippen LogP contribution < -0.4 is 5.32 Å². The summed E-state index contributed by atoms with van der Waals surface area (Å²) in [5.41, 5.74) is 3.98. The van der Waals surface area contributed by atoms with Crippen molar-refractivity contribution in [2.24, 2.45) is 4.99 Å². The molecule has 0 aliphatic carbocycles. The molecule has 0 atom stereocenters. The SMILES string of the molecule is Cc1cc(C)cc(N=C2NC(=O)/C(=C/c3ccc(-c4ccc(C(=O)O)cc4)o3)S2)c1. The van der Waals surface area contributed by atoms with E-state index in [0.29, 0.717) is 21.6 Å². The van der Waals surface area contributed by atoms with Gasteiger partial charge in [0.1, 0.15) is 11.5 Å². The Labute approximate surface area is 177 Å². The Bertz CT molecular complexity index is 1190. The number of aromatic carboxylic acids is 1. The van der Waals surface area contributed by atoms with Crippen molar-refractivity contribution in [3.8, 4) is 11.3 Å². The molecule has 4 rings (SSSR count). The molecule has 7 heteroatoms. The number of aliphatic imine (C=N–C) groups is 1. The first-order valence-electron chi connectivity index (χ1n) is 9.19. The van der Waals surface area contributed by atoms with Crippen molar-refractivity contribution in [3.05, 3.63) is 82.0 Å². The zero-order valence-corrected chi connectivity index (χ0v) is 17.1. The fourth-order valence-corrected chi connectivity index (χ4v) is 3.93. The molecule has 2 aromatic carbocycles. The van der Waals surface area contributed by atoms with Crippen molar-refractivity contribution in [2.75, 3.05) is 0 Å². The lowest BCUT2D eigenvalue weighted by Gasteiger charge is -2.00. The Kier molecular flexibility index (Phi) is 5.29. The van der Waals surface area contributed by atoms with E-state index in [1.54, 1.807) is 30.3 Å². The van der Waals surface area contributed by atoms with Gasteiger partial charge in [0.2, 0.25) is 0 Å². The summed E-state index contributed by atoms with van der Waals surface area (Å²) in [4.78, 5) is 28.3. The molecule has 3 aromatic rings. The van der Waals surface area contributed by atoms with Gasteiger partial charge < -0.3 is 14.8 Å². The number of nitrogens with zero attached hydrogens (tertiary/aromatic N) is 1. The van der Waals surface area contributed by atoms with Crippen LogP contribution in [-0.2, 0) is 4.79 Å². The number of carboxylic acids is 1. The zero-order valence-electron chi connectivity index (χ0n) is 16.3. The number of furan rings is 1. The van der Waals surface area contributed by atoms with Crippen molar-refractivity contribution in [3.63, 3.8) is 0 Å². The van der Waals surface area contributed by atoms with E-state index in [1.165, 1.54) is 23.9 Å². The summed E-state index contributed by atoms with van der Waals surface area (Å²) in [5, 5.41) is 12.3. The number of benzene rings is 2. The standard InChI is InChI=1S/C23H18N2O4S/c1-13-9-14(2)11-17(10-13)24-23-25-21(26)20(30-23)12-18-7-8-19(29-18)15-3-5-16(6-4-15)22(27)28/h3-12H,1-2H3,(H,27,28)(H,24,25,26)/b20-12-. The van der Waals surface area contributed by atoms with Gasteiger partial charge in [-0.1, -0.05) is 18.2 Å². The second-order valence-corrected chi connectivity index (χ2v) is 7.94. The Morgan fingerprint density at radius 3 is 2.43 bits per heavy atom. The molecule has 1 amide bonds. The minimum absolute atomic E-state index is 0.210. The fraction of sp³-hybridized carbons (Fsp3) is 0.0870. The molecule has 2 N–H and O–H groups in total. The van der Waals surface area contributed by atoms with Crippen LogP contribution in [0.4, 0.5) is 5.69 Å². The van der Waals surface area contributed by atoms with E-state index >= 15 is 0 Å². The summed E-state index contributed by atoms with van der Waals surface area (Å²) < 4.78 is 5.81. The quantitative estimate of drug-likeness (QED) is 0.572. The highest BCUT2D eigenvalue weighted by Gasteiger charge is 2.24. The van der Waals surface area contributed by atoms with Gasteiger partial charge in [0.05, 0.1) is 16.2 Å². The number of hydrogen-bond acceptors (Lipinski definition) is 5. The van der Waals surface area contributed by atoms with Crippen molar-refractivity contribution < 1.29 is 19.1 Å². The van der Waals surface area contributed by atoms with Gasteiger partial charge in [-0.15, -0.1) is 0 Å². The number of carbonyl (C=O) groups excluding carboxylic acids is 1. The van der Waals surface area contributed by atoms with Crippen LogP contribution >= 0.6 is 11.8 Å². The van der Waals surface area contributed by atoms with E-state index in [9.17, 15) is 9.59 Å². The molecular weight excluding hydrogens is 400 g/mol. The smallest absolute Gasteiger partial charge is 0.335 e. The molecular formula is C23H18N2O4S. The maximum Gasteiger partial charge on any atom is 0.335 e. The number of nitrogens with one attached hydrogen (secondary N) is 1. The van der Waals surface area contributed by atoms with Crippen LogP contribution in [0, 0.1) is 13.8 Å². The fourth-order valence-electron chi connectivity index (χ4n) is 3.10. The molecule has 30 heavy (non-hydrogen) atoms. The molecule has 0 radical (unpaired) electrons. The number of amides is 1. The third-order valence-corrected chi connectivity index (χ3v) is 5.31. The summed E-state index contributed by atoms with van der Waals surface area (Å²) in [6.45, 7) is 4.01. The second kappa shape index (κ2) is 8.04. The van der Waals surface area contributed by atoms with E-state index in [-0.39, 0.29) is 11.5 Å². The van der Waals surface area contributed by atoms with Crippen molar-refractivity contribution >= 4 is 40.6 Å². The summed E-state index contributed by atoms with van der Waals surface area (Å²) in [5.74, 6) is -0.0928. The lowest BCUT2D eigenvalue weighted by molar-refractivity contribution is -0.115. The highest BCUT2D eigenvalue weighted by molar-refractivity contribution is 8.18. The first-order chi connectivity index (χ1) is 14.4. The van der Waals surface area contributed by atoms with Gasteiger partial charge in [-0.25, -0.2) is 9.79 Å². The summed E-state index contributed by atoms with van der Waals surface area (Å²) in [7, 11) is 0. The number of aryl methyl sites for hydroxylation is 2. The molecule has 0 spiro atoms. The number of thioether (sulfide) groups is 1. The predicted octanol–water partition coefficient (Wildman–Crippen LogP) is 5.15. The van der Waals surface area contributed by atoms with E-state index in [1.807, 2.05) is 26.0 Å². The van der Waals surface area contributed by atoms with E-state index in [4.69, 9.17) is 9.52 Å². The molecule has 1 aliphatic heterocycles.